The van der Waals surface area contributed by atoms with E-state index >= 15 is 0 Å². The number of halogens is 2. The highest BCUT2D eigenvalue weighted by molar-refractivity contribution is 6.42. The minimum Gasteiger partial charge on any atom is -0.423 e. The number of rotatable bonds is 5. The predicted octanol–water partition coefficient (Wildman–Crippen LogP) is 5.76. The lowest BCUT2D eigenvalue weighted by Gasteiger charge is -2.06. The molecular formula is C23H14Cl2N2O3. The zero-order valence-corrected chi connectivity index (χ0v) is 16.9. The monoisotopic (exact) mass is 436 g/mol. The van der Waals surface area contributed by atoms with Gasteiger partial charge in [-0.05, 0) is 54.1 Å². The first-order chi connectivity index (χ1) is 14.5. The van der Waals surface area contributed by atoms with Crippen LogP contribution in [0.5, 0.6) is 5.75 Å². The van der Waals surface area contributed by atoms with Gasteiger partial charge < -0.3 is 10.1 Å². The van der Waals surface area contributed by atoms with E-state index < -0.39 is 11.9 Å². The van der Waals surface area contributed by atoms with Crippen molar-refractivity contribution in [3.05, 3.63) is 99.5 Å². The number of nitrogens with zero attached hydrogens (tertiary/aromatic N) is 1. The van der Waals surface area contributed by atoms with Crippen LogP contribution in [-0.2, 0) is 4.79 Å². The first-order valence-corrected chi connectivity index (χ1v) is 9.47. The molecule has 0 fully saturated rings. The van der Waals surface area contributed by atoms with E-state index in [9.17, 15) is 14.9 Å². The van der Waals surface area contributed by atoms with Crippen molar-refractivity contribution in [2.75, 3.05) is 5.32 Å². The van der Waals surface area contributed by atoms with Crippen molar-refractivity contribution in [3.8, 4) is 11.8 Å². The van der Waals surface area contributed by atoms with Gasteiger partial charge in [0.15, 0.2) is 0 Å². The predicted molar refractivity (Wildman–Crippen MR) is 117 cm³/mol. The van der Waals surface area contributed by atoms with Gasteiger partial charge in [-0.15, -0.1) is 0 Å². The normalized spacial score (nSPS) is 10.8. The maximum atomic E-state index is 12.3. The van der Waals surface area contributed by atoms with Gasteiger partial charge in [0.25, 0.3) is 5.91 Å². The highest BCUT2D eigenvalue weighted by Gasteiger charge is 2.12. The van der Waals surface area contributed by atoms with E-state index in [0.717, 1.165) is 0 Å². The lowest BCUT2D eigenvalue weighted by Crippen LogP contribution is -2.13. The third-order valence-corrected chi connectivity index (χ3v) is 4.69. The molecule has 0 aliphatic heterocycles. The average molecular weight is 437 g/mol. The van der Waals surface area contributed by atoms with E-state index in [1.54, 1.807) is 48.5 Å². The van der Waals surface area contributed by atoms with Crippen LogP contribution in [0.3, 0.4) is 0 Å². The number of carbonyl (C=O) groups is 2. The average Bonchev–Trinajstić information content (AvgIpc) is 2.75. The minimum absolute atomic E-state index is 0.0561. The molecule has 1 N–H and O–H groups in total. The Morgan fingerprint density at radius 1 is 0.933 bits per heavy atom. The Morgan fingerprint density at radius 3 is 2.27 bits per heavy atom. The fraction of sp³-hybridized carbons (Fsp3) is 0. The lowest BCUT2D eigenvalue weighted by atomic mass is 10.1. The Bertz CT molecular complexity index is 1150. The Hall–Kier alpha value is -3.59. The fourth-order valence-electron chi connectivity index (χ4n) is 2.46. The van der Waals surface area contributed by atoms with Crippen molar-refractivity contribution < 1.29 is 14.3 Å². The topological polar surface area (TPSA) is 79.2 Å². The largest absolute Gasteiger partial charge is 0.423 e. The highest BCUT2D eigenvalue weighted by Crippen LogP contribution is 2.24. The summed E-state index contributed by atoms with van der Waals surface area (Å²) in [5.74, 6) is -0.800. The van der Waals surface area contributed by atoms with E-state index in [2.05, 4.69) is 5.32 Å². The molecule has 0 saturated heterocycles. The smallest absolute Gasteiger partial charge is 0.343 e. The van der Waals surface area contributed by atoms with Crippen molar-refractivity contribution in [2.24, 2.45) is 0 Å². The molecule has 0 aliphatic rings. The summed E-state index contributed by atoms with van der Waals surface area (Å²) in [4.78, 5) is 24.5. The SMILES string of the molecule is N#C/C(=C\c1ccc(OC(=O)c2ccc(Cl)c(Cl)c2)cc1)C(=O)Nc1ccccc1. The second kappa shape index (κ2) is 9.75. The van der Waals surface area contributed by atoms with Crippen molar-refractivity contribution in [2.45, 2.75) is 0 Å². The van der Waals surface area contributed by atoms with Crippen LogP contribution in [0.25, 0.3) is 6.08 Å². The molecule has 0 aromatic heterocycles. The molecule has 0 saturated carbocycles. The van der Waals surface area contributed by atoms with Crippen LogP contribution in [0.2, 0.25) is 10.0 Å². The van der Waals surface area contributed by atoms with Gasteiger partial charge in [0.1, 0.15) is 17.4 Å². The van der Waals surface area contributed by atoms with Crippen LogP contribution in [0, 0.1) is 11.3 Å². The molecule has 5 nitrogen and oxygen atoms in total. The molecule has 0 aliphatic carbocycles. The quantitative estimate of drug-likeness (QED) is 0.238. The molecule has 3 aromatic carbocycles. The first kappa shape index (κ1) is 21.1. The Balaban J connectivity index is 1.69. The van der Waals surface area contributed by atoms with Crippen LogP contribution >= 0.6 is 23.2 Å². The maximum absolute atomic E-state index is 12.3. The molecule has 3 rings (SSSR count). The van der Waals surface area contributed by atoms with E-state index in [4.69, 9.17) is 27.9 Å². The Kier molecular flexibility index (Phi) is 6.87. The number of carbonyl (C=O) groups excluding carboxylic acids is 2. The summed E-state index contributed by atoms with van der Waals surface area (Å²) in [6.45, 7) is 0. The van der Waals surface area contributed by atoms with Crippen molar-refractivity contribution in [1.82, 2.24) is 0 Å². The zero-order chi connectivity index (χ0) is 21.5. The van der Waals surface area contributed by atoms with Gasteiger partial charge in [-0.3, -0.25) is 4.79 Å². The number of benzene rings is 3. The van der Waals surface area contributed by atoms with E-state index in [1.807, 2.05) is 12.1 Å². The van der Waals surface area contributed by atoms with Crippen LogP contribution in [-0.4, -0.2) is 11.9 Å². The van der Waals surface area contributed by atoms with Crippen LogP contribution in [0.4, 0.5) is 5.69 Å². The summed E-state index contributed by atoms with van der Waals surface area (Å²) in [5, 5.41) is 12.6. The third kappa shape index (κ3) is 5.48. The summed E-state index contributed by atoms with van der Waals surface area (Å²) < 4.78 is 5.30. The van der Waals surface area contributed by atoms with Gasteiger partial charge in [0.05, 0.1) is 15.6 Å². The number of anilines is 1. The second-order valence-corrected chi connectivity index (χ2v) is 6.89. The second-order valence-electron chi connectivity index (χ2n) is 6.08. The third-order valence-electron chi connectivity index (χ3n) is 3.95. The van der Waals surface area contributed by atoms with Gasteiger partial charge in [0, 0.05) is 5.69 Å². The van der Waals surface area contributed by atoms with Crippen molar-refractivity contribution in [3.63, 3.8) is 0 Å². The maximum Gasteiger partial charge on any atom is 0.343 e. The molecule has 0 spiro atoms. The van der Waals surface area contributed by atoms with Gasteiger partial charge in [-0.2, -0.15) is 5.26 Å². The minimum atomic E-state index is -0.586. The van der Waals surface area contributed by atoms with Gasteiger partial charge in [-0.25, -0.2) is 4.79 Å². The standard InChI is InChI=1S/C23H14Cl2N2O3/c24-20-11-8-16(13-21(20)25)23(29)30-19-9-6-15(7-10-19)12-17(14-26)22(28)27-18-4-2-1-3-5-18/h1-13H,(H,27,28)/b17-12+. The molecule has 0 radical (unpaired) electrons. The highest BCUT2D eigenvalue weighted by atomic mass is 35.5. The summed E-state index contributed by atoms with van der Waals surface area (Å²) in [6, 6.07) is 21.6. The number of amides is 1. The number of hydrogen-bond donors (Lipinski definition) is 1. The number of nitriles is 1. The molecule has 0 heterocycles. The summed E-state index contributed by atoms with van der Waals surface area (Å²) in [7, 11) is 0. The molecule has 1 amide bonds. The number of para-hydroxylation sites is 1. The van der Waals surface area contributed by atoms with E-state index in [-0.39, 0.29) is 16.2 Å². The molecule has 30 heavy (non-hydrogen) atoms. The van der Waals surface area contributed by atoms with Gasteiger partial charge in [-0.1, -0.05) is 53.5 Å². The molecule has 0 bridgehead atoms. The van der Waals surface area contributed by atoms with Crippen LogP contribution in [0.1, 0.15) is 15.9 Å². The summed E-state index contributed by atoms with van der Waals surface area (Å²) in [5.41, 5.74) is 1.40. The molecule has 7 heteroatoms. The Labute approximate surface area is 183 Å². The molecule has 3 aromatic rings. The number of esters is 1. The van der Waals surface area contributed by atoms with Crippen molar-refractivity contribution in [1.29, 1.82) is 5.26 Å². The summed E-state index contributed by atoms with van der Waals surface area (Å²) >= 11 is 11.8. The van der Waals surface area contributed by atoms with Crippen LogP contribution < -0.4 is 10.1 Å². The zero-order valence-electron chi connectivity index (χ0n) is 15.4. The number of hydrogen-bond acceptors (Lipinski definition) is 4. The first-order valence-electron chi connectivity index (χ1n) is 8.72. The Morgan fingerprint density at radius 2 is 1.63 bits per heavy atom. The molecule has 148 valence electrons. The number of ether oxygens (including phenoxy) is 1. The van der Waals surface area contributed by atoms with Gasteiger partial charge in [0.2, 0.25) is 0 Å². The fourth-order valence-corrected chi connectivity index (χ4v) is 2.75. The molecular weight excluding hydrogens is 423 g/mol. The van der Waals surface area contributed by atoms with Crippen molar-refractivity contribution >= 4 is 46.8 Å². The number of nitrogens with one attached hydrogen (secondary N) is 1. The van der Waals surface area contributed by atoms with Gasteiger partial charge >= 0.3 is 5.97 Å². The molecule has 0 atom stereocenters. The summed E-state index contributed by atoms with van der Waals surface area (Å²) in [6.07, 6.45) is 1.45. The van der Waals surface area contributed by atoms with E-state index in [0.29, 0.717) is 22.0 Å². The molecule has 0 unspecified atom stereocenters. The lowest BCUT2D eigenvalue weighted by molar-refractivity contribution is -0.112. The van der Waals surface area contributed by atoms with Crippen LogP contribution in [0.15, 0.2) is 78.4 Å². The van der Waals surface area contributed by atoms with E-state index in [1.165, 1.54) is 24.3 Å².